The molecule has 0 radical (unpaired) electrons. The van der Waals surface area contributed by atoms with E-state index < -0.39 is 11.7 Å². The molecule has 1 fully saturated rings. The van der Waals surface area contributed by atoms with Crippen molar-refractivity contribution in [3.63, 3.8) is 0 Å². The molecular formula is C20H24ClF3N4O. The number of pyridine rings is 1. The number of carbonyl (C=O) groups is 1. The first-order chi connectivity index (χ1) is 13.2. The van der Waals surface area contributed by atoms with Gasteiger partial charge in [0.2, 0.25) is 5.91 Å². The predicted molar refractivity (Wildman–Crippen MR) is 109 cm³/mol. The van der Waals surface area contributed by atoms with Gasteiger partial charge < -0.3 is 9.80 Å². The zero-order chi connectivity index (χ0) is 20.3. The molecule has 1 amide bonds. The standard InChI is InChI=1S/C20H23F3N4O.ClH/c1-25(2)19(28)14-26-9-11-27(12-10-26)18-8-5-16(13-24-18)15-3-6-17(7-4-15)20(21,22)23;/h3-8,13H,9-12,14H2,1-2H3;1H. The van der Waals surface area contributed by atoms with Crippen molar-refractivity contribution in [2.75, 3.05) is 51.7 Å². The maximum atomic E-state index is 12.7. The summed E-state index contributed by atoms with van der Waals surface area (Å²) in [7, 11) is 3.50. The van der Waals surface area contributed by atoms with Gasteiger partial charge in [0, 0.05) is 52.0 Å². The Kier molecular flexibility index (Phi) is 7.48. The molecule has 0 unspecified atom stereocenters. The van der Waals surface area contributed by atoms with Gasteiger partial charge in [0.15, 0.2) is 0 Å². The lowest BCUT2D eigenvalue weighted by Gasteiger charge is -2.35. The number of aromatic nitrogens is 1. The maximum Gasteiger partial charge on any atom is 0.416 e. The van der Waals surface area contributed by atoms with Gasteiger partial charge in [-0.1, -0.05) is 12.1 Å². The largest absolute Gasteiger partial charge is 0.416 e. The number of nitrogens with zero attached hydrogens (tertiary/aromatic N) is 4. The average Bonchev–Trinajstić information content (AvgIpc) is 2.68. The molecule has 1 aliphatic rings. The Bertz CT molecular complexity index is 802. The lowest BCUT2D eigenvalue weighted by molar-refractivity contribution is -0.137. The first-order valence-corrected chi connectivity index (χ1v) is 9.05. The maximum absolute atomic E-state index is 12.7. The van der Waals surface area contributed by atoms with E-state index in [0.717, 1.165) is 49.7 Å². The minimum Gasteiger partial charge on any atom is -0.354 e. The Hall–Kier alpha value is -2.32. The van der Waals surface area contributed by atoms with Gasteiger partial charge in [-0.3, -0.25) is 9.69 Å². The zero-order valence-electron chi connectivity index (χ0n) is 16.3. The van der Waals surface area contributed by atoms with Crippen LogP contribution in [0.4, 0.5) is 19.0 Å². The number of piperazine rings is 1. The summed E-state index contributed by atoms with van der Waals surface area (Å²) in [5.41, 5.74) is 0.804. The number of carbonyl (C=O) groups excluding carboxylic acids is 1. The van der Waals surface area contributed by atoms with Crippen molar-refractivity contribution in [1.29, 1.82) is 0 Å². The highest BCUT2D eigenvalue weighted by Gasteiger charge is 2.30. The second kappa shape index (κ2) is 9.45. The first kappa shape index (κ1) is 23.0. The summed E-state index contributed by atoms with van der Waals surface area (Å²) >= 11 is 0. The molecule has 9 heteroatoms. The lowest BCUT2D eigenvalue weighted by atomic mass is 10.1. The Balaban J connectivity index is 0.00000300. The Morgan fingerprint density at radius 1 is 1.00 bits per heavy atom. The van der Waals surface area contributed by atoms with Crippen molar-refractivity contribution in [3.05, 3.63) is 48.2 Å². The SMILES string of the molecule is CN(C)C(=O)CN1CCN(c2ccc(-c3ccc(C(F)(F)F)cc3)cn2)CC1.Cl. The molecular weight excluding hydrogens is 405 g/mol. The summed E-state index contributed by atoms with van der Waals surface area (Å²) in [6, 6.07) is 8.83. The van der Waals surface area contributed by atoms with Crippen molar-refractivity contribution >= 4 is 24.1 Å². The van der Waals surface area contributed by atoms with Gasteiger partial charge in [-0.15, -0.1) is 12.4 Å². The molecule has 0 bridgehead atoms. The number of benzene rings is 1. The van der Waals surface area contributed by atoms with Crippen LogP contribution in [0.25, 0.3) is 11.1 Å². The van der Waals surface area contributed by atoms with Crippen molar-refractivity contribution in [1.82, 2.24) is 14.8 Å². The Morgan fingerprint density at radius 2 is 1.59 bits per heavy atom. The van der Waals surface area contributed by atoms with E-state index in [-0.39, 0.29) is 18.3 Å². The van der Waals surface area contributed by atoms with Gasteiger partial charge >= 0.3 is 6.18 Å². The molecule has 0 aliphatic carbocycles. The highest BCUT2D eigenvalue weighted by atomic mass is 35.5. The van der Waals surface area contributed by atoms with E-state index in [1.54, 1.807) is 25.2 Å². The lowest BCUT2D eigenvalue weighted by Crippen LogP contribution is -2.49. The number of likely N-dealkylation sites (N-methyl/N-ethyl adjacent to an activating group) is 1. The molecule has 1 aromatic carbocycles. The fraction of sp³-hybridized carbons (Fsp3) is 0.400. The van der Waals surface area contributed by atoms with Crippen LogP contribution >= 0.6 is 12.4 Å². The monoisotopic (exact) mass is 428 g/mol. The highest BCUT2D eigenvalue weighted by molar-refractivity contribution is 5.85. The van der Waals surface area contributed by atoms with Gasteiger partial charge in [-0.25, -0.2) is 4.98 Å². The van der Waals surface area contributed by atoms with Crippen LogP contribution in [0.1, 0.15) is 5.56 Å². The minimum atomic E-state index is -4.33. The molecule has 0 spiro atoms. The minimum absolute atomic E-state index is 0. The zero-order valence-corrected chi connectivity index (χ0v) is 17.1. The molecule has 3 rings (SSSR count). The van der Waals surface area contributed by atoms with Gasteiger partial charge in [0.25, 0.3) is 0 Å². The molecule has 2 heterocycles. The molecule has 5 nitrogen and oxygen atoms in total. The summed E-state index contributed by atoms with van der Waals surface area (Å²) in [4.78, 5) is 22.1. The van der Waals surface area contributed by atoms with Crippen LogP contribution in [-0.2, 0) is 11.0 Å². The Morgan fingerprint density at radius 3 is 2.07 bits per heavy atom. The van der Waals surface area contributed by atoms with Crippen molar-refractivity contribution in [3.8, 4) is 11.1 Å². The molecule has 1 aliphatic heterocycles. The molecule has 1 aromatic heterocycles. The molecule has 158 valence electrons. The van der Waals surface area contributed by atoms with E-state index in [2.05, 4.69) is 14.8 Å². The number of hydrogen-bond acceptors (Lipinski definition) is 4. The number of alkyl halides is 3. The quantitative estimate of drug-likeness (QED) is 0.748. The Labute approximate surface area is 174 Å². The molecule has 0 saturated carbocycles. The summed E-state index contributed by atoms with van der Waals surface area (Å²) in [6.45, 7) is 3.52. The van der Waals surface area contributed by atoms with Crippen molar-refractivity contribution in [2.45, 2.75) is 6.18 Å². The second-order valence-electron chi connectivity index (χ2n) is 7.03. The van der Waals surface area contributed by atoms with E-state index in [9.17, 15) is 18.0 Å². The van der Waals surface area contributed by atoms with Crippen LogP contribution in [0.2, 0.25) is 0 Å². The fourth-order valence-electron chi connectivity index (χ4n) is 3.06. The smallest absolute Gasteiger partial charge is 0.354 e. The number of anilines is 1. The van der Waals surface area contributed by atoms with Gasteiger partial charge in [0.1, 0.15) is 5.82 Å². The molecule has 0 atom stereocenters. The van der Waals surface area contributed by atoms with Crippen LogP contribution < -0.4 is 4.90 Å². The topological polar surface area (TPSA) is 39.7 Å². The second-order valence-corrected chi connectivity index (χ2v) is 7.03. The average molecular weight is 429 g/mol. The van der Waals surface area contributed by atoms with Gasteiger partial charge in [-0.05, 0) is 29.8 Å². The number of rotatable bonds is 4. The van der Waals surface area contributed by atoms with Crippen LogP contribution in [0, 0.1) is 0 Å². The van der Waals surface area contributed by atoms with Crippen LogP contribution in [0.5, 0.6) is 0 Å². The van der Waals surface area contributed by atoms with Crippen LogP contribution in [0.15, 0.2) is 42.6 Å². The fourth-order valence-corrected chi connectivity index (χ4v) is 3.06. The first-order valence-electron chi connectivity index (χ1n) is 9.05. The van der Waals surface area contributed by atoms with Crippen molar-refractivity contribution < 1.29 is 18.0 Å². The van der Waals surface area contributed by atoms with Crippen molar-refractivity contribution in [2.24, 2.45) is 0 Å². The molecule has 0 N–H and O–H groups in total. The summed E-state index contributed by atoms with van der Waals surface area (Å²) in [5, 5.41) is 0. The van der Waals surface area contributed by atoms with Crippen LogP contribution in [-0.4, -0.2) is 67.5 Å². The van der Waals surface area contributed by atoms with E-state index in [1.165, 1.54) is 12.1 Å². The van der Waals surface area contributed by atoms with Crippen LogP contribution in [0.3, 0.4) is 0 Å². The number of hydrogen-bond donors (Lipinski definition) is 0. The third kappa shape index (κ3) is 5.83. The highest BCUT2D eigenvalue weighted by Crippen LogP contribution is 2.31. The molecule has 2 aromatic rings. The molecule has 1 saturated heterocycles. The predicted octanol–water partition coefficient (Wildman–Crippen LogP) is 3.40. The summed E-state index contributed by atoms with van der Waals surface area (Å²) in [5.74, 6) is 0.918. The van der Waals surface area contributed by atoms with E-state index in [0.29, 0.717) is 12.1 Å². The summed E-state index contributed by atoms with van der Waals surface area (Å²) < 4.78 is 38.0. The summed E-state index contributed by atoms with van der Waals surface area (Å²) in [6.07, 6.45) is -2.65. The van der Waals surface area contributed by atoms with E-state index >= 15 is 0 Å². The van der Waals surface area contributed by atoms with E-state index in [1.807, 2.05) is 12.1 Å². The third-order valence-corrected chi connectivity index (χ3v) is 4.85. The van der Waals surface area contributed by atoms with E-state index in [4.69, 9.17) is 0 Å². The number of halogens is 4. The third-order valence-electron chi connectivity index (χ3n) is 4.85. The normalized spacial score (nSPS) is 15.0. The number of amides is 1. The van der Waals surface area contributed by atoms with Gasteiger partial charge in [-0.2, -0.15) is 13.2 Å². The molecule has 29 heavy (non-hydrogen) atoms. The van der Waals surface area contributed by atoms with Gasteiger partial charge in [0.05, 0.1) is 12.1 Å².